The number of aliphatic hydroxyl groups excluding tert-OH is 1. The molecule has 0 spiro atoms. The molecule has 0 aromatic heterocycles. The fourth-order valence-corrected chi connectivity index (χ4v) is 5.03. The third kappa shape index (κ3) is 2.82. The molecule has 3 atom stereocenters. The van der Waals surface area contributed by atoms with Crippen LogP contribution in [0.25, 0.3) is 0 Å². The van der Waals surface area contributed by atoms with Crippen LogP contribution in [0.1, 0.15) is 86.6 Å². The predicted octanol–water partition coefficient (Wildman–Crippen LogP) is 4.21. The molecule has 21 heavy (non-hydrogen) atoms. The fraction of sp³-hybridized carbons (Fsp3) is 0.895. The number of hydrogen-bond donors (Lipinski definition) is 2. The average molecular weight is 298 g/mol. The van der Waals surface area contributed by atoms with Crippen LogP contribution in [-0.2, 0) is 0 Å². The lowest BCUT2D eigenvalue weighted by Gasteiger charge is -2.44. The minimum absolute atomic E-state index is 0.00146. The molecule has 0 heterocycles. The first-order valence-corrected chi connectivity index (χ1v) is 8.39. The van der Waals surface area contributed by atoms with Gasteiger partial charge in [0.1, 0.15) is 0 Å². The smallest absolute Gasteiger partial charge is 0.0591 e. The van der Waals surface area contributed by atoms with Crippen molar-refractivity contribution in [1.82, 2.24) is 0 Å². The zero-order valence-electron chi connectivity index (χ0n) is 19.0. The van der Waals surface area contributed by atoms with E-state index in [-0.39, 0.29) is 29.3 Å². The van der Waals surface area contributed by atoms with E-state index in [9.17, 15) is 10.2 Å². The molecule has 0 aliphatic heterocycles. The molecule has 0 aromatic rings. The van der Waals surface area contributed by atoms with Crippen molar-refractivity contribution < 1.29 is 18.4 Å². The SMILES string of the molecule is [2H]C([2H])([2H])C(O)(CCCC1(C2=CCC3[C@@H](O)CCC[C@]23C)CC1)C([2H])([2H])[2H]. The van der Waals surface area contributed by atoms with Gasteiger partial charge in [0.15, 0.2) is 0 Å². The maximum absolute atomic E-state index is 10.5. The summed E-state index contributed by atoms with van der Waals surface area (Å²) < 4.78 is 45.1. The highest BCUT2D eigenvalue weighted by molar-refractivity contribution is 5.34. The van der Waals surface area contributed by atoms with E-state index in [1.807, 2.05) is 0 Å². The second-order valence-corrected chi connectivity index (χ2v) is 7.83. The Bertz CT molecular complexity index is 590. The molecular weight excluding hydrogens is 260 g/mol. The number of allylic oxidation sites excluding steroid dienone is 2. The molecule has 0 bridgehead atoms. The molecule has 0 aromatic carbocycles. The standard InChI is InChI=1S/C19H32O2/c1-17(2,21)9-5-11-19(12-13-19)16-8-7-14-15(20)6-4-10-18(14,16)3/h8,14-15,20-21H,4-7,9-13H2,1-3H3/t14?,15-,18-/m0/s1/i1D3,2D3. The second kappa shape index (κ2) is 5.09. The summed E-state index contributed by atoms with van der Waals surface area (Å²) in [4.78, 5) is 0. The summed E-state index contributed by atoms with van der Waals surface area (Å²) in [5.41, 5.74) is -1.26. The van der Waals surface area contributed by atoms with Crippen LogP contribution < -0.4 is 0 Å². The molecule has 2 N–H and O–H groups in total. The van der Waals surface area contributed by atoms with Crippen LogP contribution in [0.4, 0.5) is 0 Å². The highest BCUT2D eigenvalue weighted by atomic mass is 16.3. The van der Waals surface area contributed by atoms with Gasteiger partial charge in [0.2, 0.25) is 0 Å². The van der Waals surface area contributed by atoms with E-state index in [2.05, 4.69) is 13.0 Å². The first-order valence-electron chi connectivity index (χ1n) is 11.4. The molecule has 0 radical (unpaired) electrons. The van der Waals surface area contributed by atoms with Gasteiger partial charge in [-0.1, -0.05) is 18.6 Å². The van der Waals surface area contributed by atoms with E-state index >= 15 is 0 Å². The number of aliphatic hydroxyl groups is 2. The van der Waals surface area contributed by atoms with Crippen molar-refractivity contribution in [3.05, 3.63) is 11.6 Å². The van der Waals surface area contributed by atoms with Gasteiger partial charge in [0.25, 0.3) is 0 Å². The second-order valence-electron chi connectivity index (χ2n) is 7.83. The van der Waals surface area contributed by atoms with Gasteiger partial charge in [-0.3, -0.25) is 0 Å². The van der Waals surface area contributed by atoms with Crippen molar-refractivity contribution in [2.75, 3.05) is 0 Å². The van der Waals surface area contributed by atoms with Crippen LogP contribution in [-0.4, -0.2) is 21.9 Å². The first-order chi connectivity index (χ1) is 12.3. The van der Waals surface area contributed by atoms with Gasteiger partial charge in [-0.15, -0.1) is 0 Å². The Morgan fingerprint density at radius 2 is 2.14 bits per heavy atom. The average Bonchev–Trinajstić information content (AvgIpc) is 3.19. The van der Waals surface area contributed by atoms with E-state index in [1.165, 1.54) is 5.57 Å². The Balaban J connectivity index is 1.70. The summed E-state index contributed by atoms with van der Waals surface area (Å²) in [7, 11) is 0. The molecule has 120 valence electrons. The highest BCUT2D eigenvalue weighted by Gasteiger charge is 2.57. The fourth-order valence-electron chi connectivity index (χ4n) is 5.03. The maximum Gasteiger partial charge on any atom is 0.0591 e. The van der Waals surface area contributed by atoms with E-state index < -0.39 is 19.3 Å². The highest BCUT2D eigenvalue weighted by Crippen LogP contribution is 2.67. The van der Waals surface area contributed by atoms with Gasteiger partial charge in [0.05, 0.1) is 11.7 Å². The molecule has 3 aliphatic rings. The molecule has 2 nitrogen and oxygen atoms in total. The summed E-state index contributed by atoms with van der Waals surface area (Å²) in [6, 6.07) is 0. The van der Waals surface area contributed by atoms with E-state index in [1.54, 1.807) is 0 Å². The number of rotatable bonds is 5. The van der Waals surface area contributed by atoms with Crippen molar-refractivity contribution in [2.24, 2.45) is 16.7 Å². The maximum atomic E-state index is 10.5. The van der Waals surface area contributed by atoms with Crippen LogP contribution in [0, 0.1) is 16.7 Å². The molecule has 0 saturated heterocycles. The van der Waals surface area contributed by atoms with Crippen molar-refractivity contribution in [1.29, 1.82) is 0 Å². The van der Waals surface area contributed by atoms with Crippen molar-refractivity contribution in [3.8, 4) is 0 Å². The summed E-state index contributed by atoms with van der Waals surface area (Å²) in [5.74, 6) is 0.264. The topological polar surface area (TPSA) is 40.5 Å². The van der Waals surface area contributed by atoms with Gasteiger partial charge in [0, 0.05) is 8.22 Å². The van der Waals surface area contributed by atoms with Gasteiger partial charge in [-0.2, -0.15) is 0 Å². The lowest BCUT2D eigenvalue weighted by molar-refractivity contribution is 0.00617. The largest absolute Gasteiger partial charge is 0.393 e. The van der Waals surface area contributed by atoms with Gasteiger partial charge in [-0.05, 0) is 88.2 Å². The Morgan fingerprint density at radius 1 is 1.38 bits per heavy atom. The van der Waals surface area contributed by atoms with Crippen molar-refractivity contribution in [3.63, 3.8) is 0 Å². The molecule has 0 amide bonds. The monoisotopic (exact) mass is 298 g/mol. The van der Waals surface area contributed by atoms with Crippen LogP contribution in [0.2, 0.25) is 0 Å². The van der Waals surface area contributed by atoms with Crippen LogP contribution in [0.3, 0.4) is 0 Å². The molecule has 3 aliphatic carbocycles. The van der Waals surface area contributed by atoms with Gasteiger partial charge in [-0.25, -0.2) is 0 Å². The van der Waals surface area contributed by atoms with Gasteiger partial charge < -0.3 is 10.2 Å². The third-order valence-electron chi connectivity index (χ3n) is 6.29. The Labute approximate surface area is 138 Å². The minimum atomic E-state index is -2.94. The quantitative estimate of drug-likeness (QED) is 0.747. The zero-order valence-corrected chi connectivity index (χ0v) is 13.0. The molecule has 2 fully saturated rings. The normalized spacial score (nSPS) is 43.5. The summed E-state index contributed by atoms with van der Waals surface area (Å²) in [6.45, 7) is -3.63. The summed E-state index contributed by atoms with van der Waals surface area (Å²) in [5, 5.41) is 20.9. The van der Waals surface area contributed by atoms with E-state index in [0.717, 1.165) is 38.5 Å². The van der Waals surface area contributed by atoms with Crippen molar-refractivity contribution in [2.45, 2.75) is 90.1 Å². The molecule has 2 saturated carbocycles. The predicted molar refractivity (Wildman–Crippen MR) is 86.0 cm³/mol. The number of hydrogen-bond acceptors (Lipinski definition) is 2. The molecule has 2 heteroatoms. The van der Waals surface area contributed by atoms with Gasteiger partial charge >= 0.3 is 0 Å². The first kappa shape index (κ1) is 9.72. The molecular formula is C19H32O2. The summed E-state index contributed by atoms with van der Waals surface area (Å²) >= 11 is 0. The number of fused-ring (bicyclic) bond motifs is 1. The van der Waals surface area contributed by atoms with E-state index in [0.29, 0.717) is 12.8 Å². The Kier molecular flexibility index (Phi) is 2.36. The van der Waals surface area contributed by atoms with Crippen LogP contribution in [0.15, 0.2) is 11.6 Å². The zero-order chi connectivity index (χ0) is 20.3. The van der Waals surface area contributed by atoms with E-state index in [4.69, 9.17) is 8.22 Å². The van der Waals surface area contributed by atoms with Crippen LogP contribution >= 0.6 is 0 Å². The molecule has 1 unspecified atom stereocenters. The third-order valence-corrected chi connectivity index (χ3v) is 6.29. The lowest BCUT2D eigenvalue weighted by atomic mass is 9.62. The Hall–Kier alpha value is -0.340. The van der Waals surface area contributed by atoms with Crippen LogP contribution in [0.5, 0.6) is 0 Å². The lowest BCUT2D eigenvalue weighted by Crippen LogP contribution is -2.40. The Morgan fingerprint density at radius 3 is 2.81 bits per heavy atom. The summed E-state index contributed by atoms with van der Waals surface area (Å²) in [6.07, 6.45) is 8.72. The van der Waals surface area contributed by atoms with Crippen molar-refractivity contribution >= 4 is 0 Å². The molecule has 3 rings (SSSR count). The minimum Gasteiger partial charge on any atom is -0.393 e.